The van der Waals surface area contributed by atoms with E-state index in [0.717, 1.165) is 5.69 Å². The van der Waals surface area contributed by atoms with Gasteiger partial charge in [-0.25, -0.2) is 4.98 Å². The molecule has 0 saturated carbocycles. The molecule has 0 aliphatic carbocycles. The third-order valence-corrected chi connectivity index (χ3v) is 2.80. The maximum Gasteiger partial charge on any atom is 0.259 e. The van der Waals surface area contributed by atoms with Gasteiger partial charge in [0.15, 0.2) is 0 Å². The predicted molar refractivity (Wildman–Crippen MR) is 63.1 cm³/mol. The number of carbonyl (C=O) groups excluding carboxylic acids is 1. The van der Waals surface area contributed by atoms with Crippen LogP contribution in [-0.2, 0) is 6.54 Å². The smallest absolute Gasteiger partial charge is 0.259 e. The summed E-state index contributed by atoms with van der Waals surface area (Å²) >= 11 is 1.43. The molecular weight excluding hydrogens is 240 g/mol. The monoisotopic (exact) mass is 250 g/mol. The molecule has 5 nitrogen and oxygen atoms in total. The number of amides is 1. The molecule has 6 heteroatoms. The van der Waals surface area contributed by atoms with Crippen LogP contribution in [0.1, 0.15) is 16.1 Å². The summed E-state index contributed by atoms with van der Waals surface area (Å²) < 4.78 is 0. The molecule has 1 aromatic heterocycles. The molecule has 1 amide bonds. The summed E-state index contributed by atoms with van der Waals surface area (Å²) in [7, 11) is 0. The minimum Gasteiger partial charge on any atom is -0.507 e. The second kappa shape index (κ2) is 4.84. The number of aromatic hydroxyl groups is 2. The lowest BCUT2D eigenvalue weighted by Crippen LogP contribution is -2.23. The fourth-order valence-corrected chi connectivity index (χ4v) is 1.90. The Balaban J connectivity index is 2.10. The van der Waals surface area contributed by atoms with E-state index in [-0.39, 0.29) is 23.6 Å². The first-order valence-electron chi connectivity index (χ1n) is 4.84. The van der Waals surface area contributed by atoms with Crippen molar-refractivity contribution in [3.8, 4) is 11.5 Å². The highest BCUT2D eigenvalue weighted by molar-refractivity contribution is 7.07. The molecule has 0 fully saturated rings. The van der Waals surface area contributed by atoms with Crippen LogP contribution < -0.4 is 5.32 Å². The van der Waals surface area contributed by atoms with Crippen molar-refractivity contribution >= 4 is 17.2 Å². The average molecular weight is 250 g/mol. The van der Waals surface area contributed by atoms with Crippen LogP contribution >= 0.6 is 11.3 Å². The largest absolute Gasteiger partial charge is 0.507 e. The number of phenols is 2. The number of rotatable bonds is 3. The SMILES string of the molecule is O=C(NCc1cscn1)c1c(O)cccc1O. The van der Waals surface area contributed by atoms with Gasteiger partial charge in [0.2, 0.25) is 0 Å². The van der Waals surface area contributed by atoms with Crippen molar-refractivity contribution in [1.29, 1.82) is 0 Å². The molecule has 17 heavy (non-hydrogen) atoms. The number of aromatic nitrogens is 1. The number of nitrogens with zero attached hydrogens (tertiary/aromatic N) is 1. The second-order valence-corrected chi connectivity index (χ2v) is 4.05. The Morgan fingerprint density at radius 1 is 1.35 bits per heavy atom. The number of thiazole rings is 1. The lowest BCUT2D eigenvalue weighted by Gasteiger charge is -2.07. The standard InChI is InChI=1S/C11H10N2O3S/c14-8-2-1-3-9(15)10(8)11(16)12-4-7-5-17-6-13-7/h1-3,5-6,14-15H,4H2,(H,12,16). The van der Waals surface area contributed by atoms with E-state index in [2.05, 4.69) is 10.3 Å². The maximum atomic E-state index is 11.7. The Morgan fingerprint density at radius 3 is 2.65 bits per heavy atom. The molecule has 0 aliphatic heterocycles. The molecular formula is C11H10N2O3S. The van der Waals surface area contributed by atoms with Crippen LogP contribution in [0.5, 0.6) is 11.5 Å². The molecule has 1 aromatic carbocycles. The highest BCUT2D eigenvalue weighted by atomic mass is 32.1. The van der Waals surface area contributed by atoms with Crippen molar-refractivity contribution in [2.45, 2.75) is 6.54 Å². The zero-order valence-corrected chi connectivity index (χ0v) is 9.57. The zero-order chi connectivity index (χ0) is 12.3. The number of benzene rings is 1. The molecule has 3 N–H and O–H groups in total. The molecule has 0 radical (unpaired) electrons. The highest BCUT2D eigenvalue weighted by Gasteiger charge is 2.15. The van der Waals surface area contributed by atoms with Crippen LogP contribution in [0.15, 0.2) is 29.1 Å². The number of nitrogens with one attached hydrogen (secondary N) is 1. The minimum absolute atomic E-state index is 0.122. The molecule has 0 aliphatic rings. The van der Waals surface area contributed by atoms with Gasteiger partial charge < -0.3 is 15.5 Å². The van der Waals surface area contributed by atoms with E-state index in [9.17, 15) is 15.0 Å². The van der Waals surface area contributed by atoms with Crippen molar-refractivity contribution in [1.82, 2.24) is 10.3 Å². The summed E-state index contributed by atoms with van der Waals surface area (Å²) in [5.41, 5.74) is 2.28. The topological polar surface area (TPSA) is 82.5 Å². The van der Waals surface area contributed by atoms with Gasteiger partial charge in [-0.05, 0) is 12.1 Å². The maximum absolute atomic E-state index is 11.7. The fraction of sp³-hybridized carbons (Fsp3) is 0.0909. The van der Waals surface area contributed by atoms with E-state index in [1.807, 2.05) is 5.38 Å². The van der Waals surface area contributed by atoms with Crippen LogP contribution in [0.25, 0.3) is 0 Å². The van der Waals surface area contributed by atoms with Crippen molar-refractivity contribution in [2.75, 3.05) is 0 Å². The lowest BCUT2D eigenvalue weighted by molar-refractivity contribution is 0.0945. The Hall–Kier alpha value is -2.08. The van der Waals surface area contributed by atoms with Crippen LogP contribution in [0.3, 0.4) is 0 Å². The molecule has 2 aromatic rings. The van der Waals surface area contributed by atoms with Crippen LogP contribution in [0.2, 0.25) is 0 Å². The van der Waals surface area contributed by atoms with Gasteiger partial charge in [0, 0.05) is 5.38 Å². The number of phenolic OH excluding ortho intramolecular Hbond substituents is 2. The molecule has 2 rings (SSSR count). The lowest BCUT2D eigenvalue weighted by atomic mass is 10.1. The summed E-state index contributed by atoms with van der Waals surface area (Å²) in [4.78, 5) is 15.7. The number of carbonyl (C=O) groups is 1. The van der Waals surface area contributed by atoms with Crippen molar-refractivity contribution in [3.05, 3.63) is 40.3 Å². The van der Waals surface area contributed by atoms with Gasteiger partial charge in [-0.1, -0.05) is 6.07 Å². The summed E-state index contributed by atoms with van der Waals surface area (Å²) in [5.74, 6) is -1.03. The summed E-state index contributed by atoms with van der Waals surface area (Å²) in [6, 6.07) is 4.15. The van der Waals surface area contributed by atoms with E-state index < -0.39 is 5.91 Å². The predicted octanol–water partition coefficient (Wildman–Crippen LogP) is 1.48. The van der Waals surface area contributed by atoms with E-state index in [1.165, 1.54) is 29.5 Å². The average Bonchev–Trinajstić information content (AvgIpc) is 2.79. The summed E-state index contributed by atoms with van der Waals surface area (Å²) in [6.45, 7) is 0.260. The Morgan fingerprint density at radius 2 is 2.06 bits per heavy atom. The van der Waals surface area contributed by atoms with E-state index in [1.54, 1.807) is 5.51 Å². The summed E-state index contributed by atoms with van der Waals surface area (Å²) in [6.07, 6.45) is 0. The van der Waals surface area contributed by atoms with E-state index in [0.29, 0.717) is 0 Å². The summed E-state index contributed by atoms with van der Waals surface area (Å²) in [5, 5.41) is 23.3. The van der Waals surface area contributed by atoms with Crippen molar-refractivity contribution < 1.29 is 15.0 Å². The Kier molecular flexibility index (Phi) is 3.24. The highest BCUT2D eigenvalue weighted by Crippen LogP contribution is 2.25. The van der Waals surface area contributed by atoms with Crippen molar-refractivity contribution in [3.63, 3.8) is 0 Å². The third kappa shape index (κ3) is 2.54. The molecule has 0 atom stereocenters. The molecule has 0 unspecified atom stereocenters. The molecule has 1 heterocycles. The van der Waals surface area contributed by atoms with Gasteiger partial charge in [-0.2, -0.15) is 0 Å². The fourth-order valence-electron chi connectivity index (χ4n) is 1.34. The van der Waals surface area contributed by atoms with Gasteiger partial charge in [0.1, 0.15) is 17.1 Å². The molecule has 88 valence electrons. The van der Waals surface area contributed by atoms with Crippen LogP contribution in [0.4, 0.5) is 0 Å². The van der Waals surface area contributed by atoms with Gasteiger partial charge in [-0.3, -0.25) is 4.79 Å². The van der Waals surface area contributed by atoms with Gasteiger partial charge in [0.25, 0.3) is 5.91 Å². The van der Waals surface area contributed by atoms with Crippen LogP contribution in [-0.4, -0.2) is 21.1 Å². The normalized spacial score (nSPS) is 10.1. The minimum atomic E-state index is -0.534. The first-order valence-corrected chi connectivity index (χ1v) is 5.79. The van der Waals surface area contributed by atoms with Gasteiger partial charge >= 0.3 is 0 Å². The Bertz CT molecular complexity index is 505. The first-order chi connectivity index (χ1) is 8.18. The molecule has 0 spiro atoms. The molecule has 0 saturated heterocycles. The van der Waals surface area contributed by atoms with Crippen molar-refractivity contribution in [2.24, 2.45) is 0 Å². The number of hydrogen-bond acceptors (Lipinski definition) is 5. The number of hydrogen-bond donors (Lipinski definition) is 3. The van der Waals surface area contributed by atoms with E-state index in [4.69, 9.17) is 0 Å². The third-order valence-electron chi connectivity index (χ3n) is 2.16. The van der Waals surface area contributed by atoms with Gasteiger partial charge in [0.05, 0.1) is 17.7 Å². The zero-order valence-electron chi connectivity index (χ0n) is 8.75. The Labute approximate surface area is 101 Å². The quantitative estimate of drug-likeness (QED) is 0.770. The first kappa shape index (κ1) is 11.4. The van der Waals surface area contributed by atoms with Gasteiger partial charge in [-0.15, -0.1) is 11.3 Å². The van der Waals surface area contributed by atoms with E-state index >= 15 is 0 Å². The molecule has 0 bridgehead atoms. The second-order valence-electron chi connectivity index (χ2n) is 3.33. The van der Waals surface area contributed by atoms with Crippen LogP contribution in [0, 0.1) is 0 Å².